The van der Waals surface area contributed by atoms with Crippen LogP contribution in [0.1, 0.15) is 25.0 Å². The summed E-state index contributed by atoms with van der Waals surface area (Å²) >= 11 is 0. The van der Waals surface area contributed by atoms with Crippen LogP contribution >= 0.6 is 0 Å². The van der Waals surface area contributed by atoms with Crippen molar-refractivity contribution in [3.05, 3.63) is 66.0 Å². The van der Waals surface area contributed by atoms with E-state index in [0.717, 1.165) is 12.1 Å². The molecule has 0 saturated heterocycles. The first-order valence-corrected chi connectivity index (χ1v) is 7.37. The number of rotatable bonds is 4. The lowest BCUT2D eigenvalue weighted by atomic mass is 10.1. The van der Waals surface area contributed by atoms with Crippen LogP contribution in [0.25, 0.3) is 6.08 Å². The normalized spacial score (nSPS) is 11.9. The molecular weight excluding hydrogens is 317 g/mol. The van der Waals surface area contributed by atoms with Crippen LogP contribution in [0.2, 0.25) is 0 Å². The molecule has 1 heterocycles. The number of alkyl halides is 3. The van der Waals surface area contributed by atoms with Gasteiger partial charge in [0.25, 0.3) is 5.91 Å². The molecule has 6 heteroatoms. The van der Waals surface area contributed by atoms with E-state index in [-0.39, 0.29) is 11.9 Å². The monoisotopic (exact) mass is 334 g/mol. The molecule has 0 atom stereocenters. The molecule has 1 amide bonds. The predicted molar refractivity (Wildman–Crippen MR) is 87.3 cm³/mol. The second kappa shape index (κ2) is 7.29. The SMILES string of the molecule is CC(C)N(C(=O)/C=C/c1cccc(C(F)(F)F)c1)c1cccnc1. The molecular formula is C18H17F3N2O. The molecule has 0 aliphatic rings. The smallest absolute Gasteiger partial charge is 0.305 e. The summed E-state index contributed by atoms with van der Waals surface area (Å²) < 4.78 is 38.1. The zero-order chi connectivity index (χ0) is 17.7. The molecule has 0 aliphatic heterocycles. The maximum absolute atomic E-state index is 12.7. The molecule has 126 valence electrons. The van der Waals surface area contributed by atoms with Crippen LogP contribution in [0, 0.1) is 0 Å². The number of aromatic nitrogens is 1. The highest BCUT2D eigenvalue weighted by molar-refractivity contribution is 6.04. The number of hydrogen-bond donors (Lipinski definition) is 0. The number of nitrogens with zero attached hydrogens (tertiary/aromatic N) is 2. The van der Waals surface area contributed by atoms with Gasteiger partial charge in [-0.1, -0.05) is 12.1 Å². The molecule has 2 aromatic rings. The highest BCUT2D eigenvalue weighted by atomic mass is 19.4. The molecule has 0 saturated carbocycles. The third-order valence-corrected chi connectivity index (χ3v) is 3.31. The van der Waals surface area contributed by atoms with Crippen molar-refractivity contribution < 1.29 is 18.0 Å². The minimum Gasteiger partial charge on any atom is -0.305 e. The Morgan fingerprint density at radius 1 is 1.21 bits per heavy atom. The summed E-state index contributed by atoms with van der Waals surface area (Å²) in [5.74, 6) is -0.324. The second-order valence-electron chi connectivity index (χ2n) is 5.47. The molecule has 24 heavy (non-hydrogen) atoms. The number of carbonyl (C=O) groups is 1. The molecule has 0 bridgehead atoms. The largest absolute Gasteiger partial charge is 0.416 e. The van der Waals surface area contributed by atoms with Gasteiger partial charge in [-0.2, -0.15) is 13.2 Å². The molecule has 0 unspecified atom stereocenters. The fourth-order valence-electron chi connectivity index (χ4n) is 2.24. The van der Waals surface area contributed by atoms with E-state index in [1.807, 2.05) is 13.8 Å². The zero-order valence-electron chi connectivity index (χ0n) is 13.3. The van der Waals surface area contributed by atoms with E-state index in [0.29, 0.717) is 11.3 Å². The molecule has 3 nitrogen and oxygen atoms in total. The number of benzene rings is 1. The molecule has 1 aromatic heterocycles. The van der Waals surface area contributed by atoms with Gasteiger partial charge in [0.15, 0.2) is 0 Å². The van der Waals surface area contributed by atoms with Crippen molar-refractivity contribution in [2.45, 2.75) is 26.1 Å². The van der Waals surface area contributed by atoms with Crippen molar-refractivity contribution in [1.29, 1.82) is 0 Å². The Labute approximate surface area is 138 Å². The van der Waals surface area contributed by atoms with Crippen LogP contribution in [-0.2, 0) is 11.0 Å². The minimum absolute atomic E-state index is 0.118. The first-order valence-electron chi connectivity index (χ1n) is 7.37. The Balaban J connectivity index is 2.23. The summed E-state index contributed by atoms with van der Waals surface area (Å²) in [5.41, 5.74) is 0.198. The van der Waals surface area contributed by atoms with Crippen molar-refractivity contribution in [3.63, 3.8) is 0 Å². The lowest BCUT2D eigenvalue weighted by molar-refractivity contribution is -0.137. The van der Waals surface area contributed by atoms with Crippen LogP contribution in [0.5, 0.6) is 0 Å². The average Bonchev–Trinajstić information content (AvgIpc) is 2.53. The van der Waals surface area contributed by atoms with Crippen LogP contribution < -0.4 is 4.90 Å². The Hall–Kier alpha value is -2.63. The van der Waals surface area contributed by atoms with Crippen molar-refractivity contribution in [2.24, 2.45) is 0 Å². The molecule has 0 fully saturated rings. The van der Waals surface area contributed by atoms with Crippen LogP contribution in [0.4, 0.5) is 18.9 Å². The van der Waals surface area contributed by atoms with E-state index in [4.69, 9.17) is 0 Å². The number of carbonyl (C=O) groups excluding carboxylic acids is 1. The van der Waals surface area contributed by atoms with Crippen molar-refractivity contribution in [3.8, 4) is 0 Å². The first-order chi connectivity index (χ1) is 11.3. The molecule has 1 aromatic carbocycles. The van der Waals surface area contributed by atoms with Crippen molar-refractivity contribution in [1.82, 2.24) is 4.98 Å². The minimum atomic E-state index is -4.41. The quantitative estimate of drug-likeness (QED) is 0.768. The van der Waals surface area contributed by atoms with Gasteiger partial charge in [-0.05, 0) is 49.8 Å². The van der Waals surface area contributed by atoms with Gasteiger partial charge >= 0.3 is 6.18 Å². The van der Waals surface area contributed by atoms with Gasteiger partial charge < -0.3 is 4.90 Å². The topological polar surface area (TPSA) is 33.2 Å². The molecule has 0 N–H and O–H groups in total. The van der Waals surface area contributed by atoms with E-state index < -0.39 is 11.7 Å². The van der Waals surface area contributed by atoms with E-state index >= 15 is 0 Å². The highest BCUT2D eigenvalue weighted by Gasteiger charge is 2.30. The number of anilines is 1. The maximum atomic E-state index is 12.7. The van der Waals surface area contributed by atoms with Crippen LogP contribution in [0.3, 0.4) is 0 Å². The molecule has 0 spiro atoms. The van der Waals surface area contributed by atoms with Gasteiger partial charge in [0.2, 0.25) is 0 Å². The van der Waals surface area contributed by atoms with Crippen molar-refractivity contribution in [2.75, 3.05) is 4.90 Å². The standard InChI is InChI=1S/C18H17F3N2O/c1-13(2)23(16-7-4-10-22-12-16)17(24)9-8-14-5-3-6-15(11-14)18(19,20)21/h3-13H,1-2H3/b9-8+. The summed E-state index contributed by atoms with van der Waals surface area (Å²) in [4.78, 5) is 17.9. The fourth-order valence-corrected chi connectivity index (χ4v) is 2.24. The molecule has 0 aliphatic carbocycles. The Morgan fingerprint density at radius 2 is 1.96 bits per heavy atom. The number of hydrogen-bond acceptors (Lipinski definition) is 2. The summed E-state index contributed by atoms with van der Waals surface area (Å²) in [6.45, 7) is 3.70. The van der Waals surface area contributed by atoms with Gasteiger partial charge in [0.05, 0.1) is 17.4 Å². The third kappa shape index (κ3) is 4.44. The van der Waals surface area contributed by atoms with E-state index in [9.17, 15) is 18.0 Å². The molecule has 0 radical (unpaired) electrons. The first kappa shape index (κ1) is 17.7. The van der Waals surface area contributed by atoms with E-state index in [1.54, 1.807) is 24.5 Å². The fraction of sp³-hybridized carbons (Fsp3) is 0.222. The summed E-state index contributed by atoms with van der Waals surface area (Å²) in [6, 6.07) is 8.19. The highest BCUT2D eigenvalue weighted by Crippen LogP contribution is 2.29. The van der Waals surface area contributed by atoms with Crippen LogP contribution in [-0.4, -0.2) is 16.9 Å². The molecule has 2 rings (SSSR count). The number of amides is 1. The van der Waals surface area contributed by atoms with Gasteiger partial charge in [-0.3, -0.25) is 9.78 Å². The van der Waals surface area contributed by atoms with Gasteiger partial charge in [0.1, 0.15) is 0 Å². The predicted octanol–water partition coefficient (Wildman–Crippen LogP) is 4.56. The summed E-state index contributed by atoms with van der Waals surface area (Å²) in [5, 5.41) is 0. The van der Waals surface area contributed by atoms with Gasteiger partial charge in [-0.15, -0.1) is 0 Å². The lowest BCUT2D eigenvalue weighted by Crippen LogP contribution is -2.35. The van der Waals surface area contributed by atoms with Gasteiger partial charge in [0, 0.05) is 18.3 Å². The Morgan fingerprint density at radius 3 is 2.54 bits per heavy atom. The summed E-state index contributed by atoms with van der Waals surface area (Å²) in [6.07, 6.45) is 1.40. The summed E-state index contributed by atoms with van der Waals surface area (Å²) in [7, 11) is 0. The second-order valence-corrected chi connectivity index (χ2v) is 5.47. The maximum Gasteiger partial charge on any atom is 0.416 e. The van der Waals surface area contributed by atoms with Crippen molar-refractivity contribution >= 4 is 17.7 Å². The lowest BCUT2D eigenvalue weighted by Gasteiger charge is -2.25. The number of halogens is 3. The average molecular weight is 334 g/mol. The van der Waals surface area contributed by atoms with Crippen LogP contribution in [0.15, 0.2) is 54.9 Å². The Bertz CT molecular complexity index is 725. The van der Waals surface area contributed by atoms with Gasteiger partial charge in [-0.25, -0.2) is 0 Å². The van der Waals surface area contributed by atoms with E-state index in [2.05, 4.69) is 4.98 Å². The third-order valence-electron chi connectivity index (χ3n) is 3.31. The zero-order valence-corrected chi connectivity index (χ0v) is 13.3. The Kier molecular flexibility index (Phi) is 5.39. The number of pyridine rings is 1. The van der Waals surface area contributed by atoms with E-state index in [1.165, 1.54) is 29.2 Å².